The number of aromatic nitrogens is 1. The van der Waals surface area contributed by atoms with E-state index in [1.54, 1.807) is 13.1 Å². The fourth-order valence-corrected chi connectivity index (χ4v) is 4.82. The predicted octanol–water partition coefficient (Wildman–Crippen LogP) is 1.84. The summed E-state index contributed by atoms with van der Waals surface area (Å²) in [6, 6.07) is 12.1. The SMILES string of the molecule is CN=C(NCC(C)N(C)c1ccccc1)N1CCN(S(=O)(=O)Cc2ccon2)CC1.I. The van der Waals surface area contributed by atoms with Crippen molar-refractivity contribution in [2.75, 3.05) is 51.7 Å². The lowest BCUT2D eigenvalue weighted by Gasteiger charge is -2.36. The molecule has 1 atom stereocenters. The summed E-state index contributed by atoms with van der Waals surface area (Å²) in [5.74, 6) is 0.650. The van der Waals surface area contributed by atoms with E-state index in [4.69, 9.17) is 4.52 Å². The highest BCUT2D eigenvalue weighted by atomic mass is 127. The van der Waals surface area contributed by atoms with Crippen LogP contribution in [-0.4, -0.2) is 81.6 Å². The smallest absolute Gasteiger partial charge is 0.220 e. The van der Waals surface area contributed by atoms with Gasteiger partial charge in [0, 0.05) is 64.6 Å². The van der Waals surface area contributed by atoms with Crippen LogP contribution in [0.5, 0.6) is 0 Å². The molecule has 1 aromatic carbocycles. The zero-order chi connectivity index (χ0) is 21.6. The predicted molar refractivity (Wildman–Crippen MR) is 133 cm³/mol. The molecule has 0 amide bonds. The van der Waals surface area contributed by atoms with E-state index < -0.39 is 10.0 Å². The van der Waals surface area contributed by atoms with Crippen LogP contribution in [0.15, 0.2) is 52.2 Å². The molecular weight excluding hydrogens is 531 g/mol. The largest absolute Gasteiger partial charge is 0.370 e. The molecule has 2 heterocycles. The average molecular weight is 562 g/mol. The molecule has 11 heteroatoms. The van der Waals surface area contributed by atoms with E-state index in [2.05, 4.69) is 51.4 Å². The third-order valence-corrected chi connectivity index (χ3v) is 7.16. The molecule has 172 valence electrons. The van der Waals surface area contributed by atoms with Crippen LogP contribution < -0.4 is 10.2 Å². The molecule has 31 heavy (non-hydrogen) atoms. The van der Waals surface area contributed by atoms with E-state index in [0.717, 1.165) is 18.2 Å². The van der Waals surface area contributed by atoms with Gasteiger partial charge < -0.3 is 19.6 Å². The molecule has 1 aliphatic heterocycles. The highest BCUT2D eigenvalue weighted by molar-refractivity contribution is 14.0. The molecule has 3 rings (SSSR count). The standard InChI is InChI=1S/C20H30N6O3S.HI/c1-17(24(3)19-7-5-4-6-8-19)15-22-20(21-2)25-10-12-26(13-11-25)30(27,28)16-18-9-14-29-23-18;/h4-9,14,17H,10-13,15-16H2,1-3H3,(H,21,22);1H. The fraction of sp³-hybridized carbons (Fsp3) is 0.500. The minimum Gasteiger partial charge on any atom is -0.370 e. The van der Waals surface area contributed by atoms with Gasteiger partial charge in [-0.3, -0.25) is 4.99 Å². The number of anilines is 1. The first kappa shape index (κ1) is 25.4. The van der Waals surface area contributed by atoms with Gasteiger partial charge in [0.15, 0.2) is 5.96 Å². The molecule has 1 fully saturated rings. The van der Waals surface area contributed by atoms with Crippen LogP contribution in [0.3, 0.4) is 0 Å². The molecule has 1 unspecified atom stereocenters. The number of nitrogens with zero attached hydrogens (tertiary/aromatic N) is 5. The first-order valence-corrected chi connectivity index (χ1v) is 11.6. The Balaban J connectivity index is 0.00000341. The van der Waals surface area contributed by atoms with Gasteiger partial charge in [-0.15, -0.1) is 24.0 Å². The van der Waals surface area contributed by atoms with Gasteiger partial charge in [0.05, 0.1) is 5.69 Å². The second-order valence-electron chi connectivity index (χ2n) is 7.36. The minimum atomic E-state index is -3.41. The van der Waals surface area contributed by atoms with Crippen molar-refractivity contribution in [1.82, 2.24) is 19.7 Å². The van der Waals surface area contributed by atoms with Crippen LogP contribution in [0.1, 0.15) is 12.6 Å². The van der Waals surface area contributed by atoms with Crippen LogP contribution in [0.4, 0.5) is 5.69 Å². The quantitative estimate of drug-likeness (QED) is 0.313. The molecule has 0 spiro atoms. The van der Waals surface area contributed by atoms with Gasteiger partial charge in [-0.05, 0) is 19.1 Å². The van der Waals surface area contributed by atoms with Crippen molar-refractivity contribution >= 4 is 45.6 Å². The fourth-order valence-electron chi connectivity index (χ4n) is 3.39. The molecule has 1 aromatic heterocycles. The van der Waals surface area contributed by atoms with Crippen LogP contribution in [-0.2, 0) is 15.8 Å². The summed E-state index contributed by atoms with van der Waals surface area (Å²) in [4.78, 5) is 8.70. The van der Waals surface area contributed by atoms with Crippen LogP contribution in [0.2, 0.25) is 0 Å². The van der Waals surface area contributed by atoms with Gasteiger partial charge in [0.2, 0.25) is 10.0 Å². The molecule has 1 saturated heterocycles. The highest BCUT2D eigenvalue weighted by Gasteiger charge is 2.29. The number of nitrogens with one attached hydrogen (secondary N) is 1. The van der Waals surface area contributed by atoms with Crippen LogP contribution >= 0.6 is 24.0 Å². The van der Waals surface area contributed by atoms with Crippen molar-refractivity contribution in [3.05, 3.63) is 48.4 Å². The van der Waals surface area contributed by atoms with E-state index >= 15 is 0 Å². The number of piperazine rings is 1. The second-order valence-corrected chi connectivity index (χ2v) is 9.33. The minimum absolute atomic E-state index is 0. The lowest BCUT2D eigenvalue weighted by Crippen LogP contribution is -2.55. The van der Waals surface area contributed by atoms with Crippen molar-refractivity contribution in [2.24, 2.45) is 4.99 Å². The average Bonchev–Trinajstić information content (AvgIpc) is 3.26. The van der Waals surface area contributed by atoms with Gasteiger partial charge in [-0.1, -0.05) is 23.4 Å². The Bertz CT molecular complexity index is 916. The summed E-state index contributed by atoms with van der Waals surface area (Å²) >= 11 is 0. The van der Waals surface area contributed by atoms with Gasteiger partial charge >= 0.3 is 0 Å². The van der Waals surface area contributed by atoms with E-state index in [-0.39, 0.29) is 35.8 Å². The third-order valence-electron chi connectivity index (χ3n) is 5.35. The summed E-state index contributed by atoms with van der Waals surface area (Å²) in [6.07, 6.45) is 1.38. The Hall–Kier alpha value is -1.86. The van der Waals surface area contributed by atoms with Gasteiger partial charge in [-0.2, -0.15) is 4.31 Å². The van der Waals surface area contributed by atoms with E-state index in [1.165, 1.54) is 10.6 Å². The summed E-state index contributed by atoms with van der Waals surface area (Å²) in [5.41, 5.74) is 1.58. The zero-order valence-electron chi connectivity index (χ0n) is 18.1. The third kappa shape index (κ3) is 6.81. The Labute approximate surface area is 201 Å². The molecule has 1 N–H and O–H groups in total. The molecule has 1 aliphatic rings. The van der Waals surface area contributed by atoms with Crippen LogP contribution in [0, 0.1) is 0 Å². The first-order chi connectivity index (χ1) is 14.4. The lowest BCUT2D eigenvalue weighted by molar-refractivity contribution is 0.259. The van der Waals surface area contributed by atoms with Gasteiger partial charge in [0.25, 0.3) is 0 Å². The number of hydrogen-bond donors (Lipinski definition) is 1. The number of hydrogen-bond acceptors (Lipinski definition) is 6. The maximum absolute atomic E-state index is 12.6. The van der Waals surface area contributed by atoms with E-state index in [1.807, 2.05) is 18.2 Å². The van der Waals surface area contributed by atoms with Crippen molar-refractivity contribution in [3.8, 4) is 0 Å². The maximum atomic E-state index is 12.6. The number of halogens is 1. The molecule has 0 saturated carbocycles. The molecule has 0 radical (unpaired) electrons. The maximum Gasteiger partial charge on any atom is 0.220 e. The summed E-state index contributed by atoms with van der Waals surface area (Å²) < 4.78 is 31.4. The molecule has 2 aromatic rings. The molecule has 9 nitrogen and oxygen atoms in total. The topological polar surface area (TPSA) is 94.3 Å². The normalized spacial score (nSPS) is 16.5. The second kappa shape index (κ2) is 11.7. The summed E-state index contributed by atoms with van der Waals surface area (Å²) in [6.45, 7) is 4.88. The number of sulfonamides is 1. The number of para-hydroxylation sites is 1. The van der Waals surface area contributed by atoms with Gasteiger partial charge in [-0.25, -0.2) is 8.42 Å². The first-order valence-electron chi connectivity index (χ1n) is 10.0. The monoisotopic (exact) mass is 562 g/mol. The Morgan fingerprint density at radius 1 is 1.23 bits per heavy atom. The van der Waals surface area contributed by atoms with Crippen LogP contribution in [0.25, 0.3) is 0 Å². The van der Waals surface area contributed by atoms with E-state index in [0.29, 0.717) is 31.9 Å². The Morgan fingerprint density at radius 2 is 1.90 bits per heavy atom. The van der Waals surface area contributed by atoms with Gasteiger partial charge in [0.1, 0.15) is 12.0 Å². The van der Waals surface area contributed by atoms with Crippen molar-refractivity contribution in [3.63, 3.8) is 0 Å². The van der Waals surface area contributed by atoms with Crippen molar-refractivity contribution in [1.29, 1.82) is 0 Å². The van der Waals surface area contributed by atoms with Crippen molar-refractivity contribution in [2.45, 2.75) is 18.7 Å². The molecule has 0 bridgehead atoms. The molecular formula is C20H31IN6O3S. The number of likely N-dealkylation sites (N-methyl/N-ethyl adjacent to an activating group) is 1. The Morgan fingerprint density at radius 3 is 2.48 bits per heavy atom. The highest BCUT2D eigenvalue weighted by Crippen LogP contribution is 2.15. The summed E-state index contributed by atoms with van der Waals surface area (Å²) in [5, 5.41) is 7.13. The Kier molecular flexibility index (Phi) is 9.56. The lowest BCUT2D eigenvalue weighted by atomic mass is 10.2. The number of benzene rings is 1. The number of aliphatic imine (C=N–C) groups is 1. The zero-order valence-corrected chi connectivity index (χ0v) is 21.3. The summed E-state index contributed by atoms with van der Waals surface area (Å²) in [7, 11) is 0.411. The number of guanidine groups is 1. The van der Waals surface area contributed by atoms with Crippen molar-refractivity contribution < 1.29 is 12.9 Å². The number of rotatable bonds is 7. The van der Waals surface area contributed by atoms with E-state index in [9.17, 15) is 8.42 Å². The molecule has 0 aliphatic carbocycles.